The van der Waals surface area contributed by atoms with Crippen LogP contribution in [0.15, 0.2) is 42.5 Å². The van der Waals surface area contributed by atoms with Gasteiger partial charge in [0.2, 0.25) is 0 Å². The molecule has 20 heavy (non-hydrogen) atoms. The maximum atomic E-state index is 2.56. The zero-order valence-electron chi connectivity index (χ0n) is 12.1. The van der Waals surface area contributed by atoms with Crippen molar-refractivity contribution in [3.63, 3.8) is 0 Å². The Labute approximate surface area is 120 Å². The third-order valence-corrected chi connectivity index (χ3v) is 4.61. The maximum absolute atomic E-state index is 2.56. The Morgan fingerprint density at radius 1 is 0.850 bits per heavy atom. The smallest absolute Gasteiger partial charge is 0.106 e. The molecule has 0 saturated carbocycles. The van der Waals surface area contributed by atoms with Gasteiger partial charge in [-0.2, -0.15) is 0 Å². The average Bonchev–Trinajstić information content (AvgIpc) is 2.98. The minimum absolute atomic E-state index is 0.509. The van der Waals surface area contributed by atoms with Gasteiger partial charge in [0.05, 0.1) is 0 Å². The molecular weight excluding hydrogens is 244 g/mol. The summed E-state index contributed by atoms with van der Waals surface area (Å²) in [6.45, 7) is 6.59. The number of hydrogen-bond acceptors (Lipinski definition) is 2. The van der Waals surface area contributed by atoms with E-state index in [4.69, 9.17) is 0 Å². The molecule has 4 rings (SSSR count). The fourth-order valence-electron chi connectivity index (χ4n) is 3.58. The van der Waals surface area contributed by atoms with Crippen LogP contribution in [0.1, 0.15) is 16.7 Å². The number of benzene rings is 2. The van der Waals surface area contributed by atoms with Crippen LogP contribution < -0.4 is 9.80 Å². The summed E-state index contributed by atoms with van der Waals surface area (Å²) in [7, 11) is 0. The van der Waals surface area contributed by atoms with E-state index >= 15 is 0 Å². The number of fused-ring (bicyclic) bond motifs is 3. The number of aryl methyl sites for hydroxylation is 2. The highest BCUT2D eigenvalue weighted by atomic mass is 15.4. The van der Waals surface area contributed by atoms with Gasteiger partial charge in [-0.15, -0.1) is 0 Å². The summed E-state index contributed by atoms with van der Waals surface area (Å²) in [5.74, 6) is 0. The zero-order chi connectivity index (χ0) is 13.7. The summed E-state index contributed by atoms with van der Waals surface area (Å²) >= 11 is 0. The molecule has 2 aromatic rings. The molecule has 1 fully saturated rings. The summed E-state index contributed by atoms with van der Waals surface area (Å²) in [6.07, 6.45) is 1.65. The first-order valence-electron chi connectivity index (χ1n) is 7.42. The van der Waals surface area contributed by atoms with Crippen LogP contribution in [0.25, 0.3) is 0 Å². The minimum Gasteiger partial charge on any atom is -0.349 e. The van der Waals surface area contributed by atoms with Crippen LogP contribution in [0, 0.1) is 13.8 Å². The van der Waals surface area contributed by atoms with Crippen molar-refractivity contribution in [1.29, 1.82) is 0 Å². The van der Waals surface area contributed by atoms with Crippen LogP contribution in [-0.4, -0.2) is 19.3 Å². The molecule has 2 nitrogen and oxygen atoms in total. The van der Waals surface area contributed by atoms with Crippen LogP contribution in [0.2, 0.25) is 0 Å². The van der Waals surface area contributed by atoms with Crippen molar-refractivity contribution < 1.29 is 0 Å². The molecule has 2 aliphatic rings. The topological polar surface area (TPSA) is 6.48 Å². The van der Waals surface area contributed by atoms with Crippen molar-refractivity contribution in [2.24, 2.45) is 0 Å². The van der Waals surface area contributed by atoms with E-state index < -0.39 is 0 Å². The Hall–Kier alpha value is -1.96. The van der Waals surface area contributed by atoms with Gasteiger partial charge in [-0.05, 0) is 37.6 Å². The van der Waals surface area contributed by atoms with Crippen molar-refractivity contribution in [2.75, 3.05) is 22.9 Å². The lowest BCUT2D eigenvalue weighted by atomic mass is 10.1. The lowest BCUT2D eigenvalue weighted by Gasteiger charge is -2.27. The molecule has 0 spiro atoms. The molecule has 1 atom stereocenters. The van der Waals surface area contributed by atoms with Crippen LogP contribution in [-0.2, 0) is 6.42 Å². The normalized spacial score (nSPS) is 20.2. The van der Waals surface area contributed by atoms with Crippen LogP contribution in [0.5, 0.6) is 0 Å². The van der Waals surface area contributed by atoms with E-state index in [1.165, 1.54) is 28.1 Å². The summed E-state index contributed by atoms with van der Waals surface area (Å²) in [4.78, 5) is 5.11. The van der Waals surface area contributed by atoms with E-state index in [9.17, 15) is 0 Å². The Morgan fingerprint density at radius 2 is 1.55 bits per heavy atom. The molecule has 0 aromatic heterocycles. The molecule has 0 aliphatic carbocycles. The van der Waals surface area contributed by atoms with E-state index in [2.05, 4.69) is 66.1 Å². The van der Waals surface area contributed by atoms with E-state index in [0.717, 1.165) is 19.5 Å². The van der Waals surface area contributed by atoms with E-state index in [1.807, 2.05) is 0 Å². The molecule has 0 N–H and O–H groups in total. The van der Waals surface area contributed by atoms with Crippen molar-refractivity contribution >= 4 is 11.4 Å². The number of nitrogens with zero attached hydrogens (tertiary/aromatic N) is 2. The molecule has 2 aromatic carbocycles. The van der Waals surface area contributed by atoms with Crippen LogP contribution >= 0.6 is 0 Å². The van der Waals surface area contributed by atoms with Gasteiger partial charge in [-0.3, -0.25) is 0 Å². The molecule has 2 heterocycles. The predicted octanol–water partition coefficient (Wildman–Crippen LogP) is 3.51. The van der Waals surface area contributed by atoms with Crippen LogP contribution in [0.4, 0.5) is 11.4 Å². The molecule has 2 aliphatic heterocycles. The number of anilines is 2. The first kappa shape index (κ1) is 11.8. The Kier molecular flexibility index (Phi) is 2.53. The molecule has 0 bridgehead atoms. The molecule has 1 unspecified atom stereocenters. The second-order valence-electron chi connectivity index (χ2n) is 6.04. The first-order chi connectivity index (χ1) is 9.72. The maximum Gasteiger partial charge on any atom is 0.106 e. The lowest BCUT2D eigenvalue weighted by Crippen LogP contribution is -2.36. The predicted molar refractivity (Wildman–Crippen MR) is 84.5 cm³/mol. The molecule has 0 amide bonds. The summed E-state index contributed by atoms with van der Waals surface area (Å²) in [6, 6.07) is 15.8. The third-order valence-electron chi connectivity index (χ3n) is 4.61. The van der Waals surface area contributed by atoms with Crippen molar-refractivity contribution in [1.82, 2.24) is 0 Å². The average molecular weight is 264 g/mol. The minimum atomic E-state index is 0.509. The van der Waals surface area contributed by atoms with Gasteiger partial charge in [0.1, 0.15) is 6.17 Å². The lowest BCUT2D eigenvalue weighted by molar-refractivity contribution is 0.704. The number of hydrogen-bond donors (Lipinski definition) is 0. The Morgan fingerprint density at radius 3 is 2.35 bits per heavy atom. The molecule has 0 radical (unpaired) electrons. The highest BCUT2D eigenvalue weighted by Gasteiger charge is 2.38. The Bertz CT molecular complexity index is 645. The fourth-order valence-corrected chi connectivity index (χ4v) is 3.58. The van der Waals surface area contributed by atoms with Crippen molar-refractivity contribution in [3.8, 4) is 0 Å². The standard InChI is InChI=1S/C18H20N2/c1-13-3-6-16(7-4-13)19-9-10-20-17-8-5-14(2)11-15(17)12-18(19)20/h3-8,11,18H,9-10,12H2,1-2H3. The second kappa shape index (κ2) is 4.27. The molecular formula is C18H20N2. The van der Waals surface area contributed by atoms with Gasteiger partial charge in [0.15, 0.2) is 0 Å². The highest BCUT2D eigenvalue weighted by Crippen LogP contribution is 2.38. The quantitative estimate of drug-likeness (QED) is 0.777. The SMILES string of the molecule is Cc1ccc(N2CCN3c4ccc(C)cc4CC23)cc1. The van der Waals surface area contributed by atoms with Gasteiger partial charge in [0, 0.05) is 30.9 Å². The Balaban J connectivity index is 1.67. The fraction of sp³-hybridized carbons (Fsp3) is 0.333. The van der Waals surface area contributed by atoms with Crippen molar-refractivity contribution in [3.05, 3.63) is 59.2 Å². The van der Waals surface area contributed by atoms with Gasteiger partial charge >= 0.3 is 0 Å². The number of rotatable bonds is 1. The van der Waals surface area contributed by atoms with Gasteiger partial charge in [-0.25, -0.2) is 0 Å². The van der Waals surface area contributed by atoms with Crippen molar-refractivity contribution in [2.45, 2.75) is 26.4 Å². The van der Waals surface area contributed by atoms with Gasteiger partial charge < -0.3 is 9.80 Å². The van der Waals surface area contributed by atoms with E-state index in [0.29, 0.717) is 6.17 Å². The van der Waals surface area contributed by atoms with E-state index in [1.54, 1.807) is 0 Å². The monoisotopic (exact) mass is 264 g/mol. The largest absolute Gasteiger partial charge is 0.349 e. The molecule has 2 heteroatoms. The zero-order valence-corrected chi connectivity index (χ0v) is 12.1. The second-order valence-corrected chi connectivity index (χ2v) is 6.04. The molecule has 1 saturated heterocycles. The van der Waals surface area contributed by atoms with Gasteiger partial charge in [-0.1, -0.05) is 35.4 Å². The van der Waals surface area contributed by atoms with Crippen LogP contribution in [0.3, 0.4) is 0 Å². The summed E-state index contributed by atoms with van der Waals surface area (Å²) in [5, 5.41) is 0. The summed E-state index contributed by atoms with van der Waals surface area (Å²) in [5.41, 5.74) is 7.00. The van der Waals surface area contributed by atoms with E-state index in [-0.39, 0.29) is 0 Å². The summed E-state index contributed by atoms with van der Waals surface area (Å²) < 4.78 is 0. The first-order valence-corrected chi connectivity index (χ1v) is 7.42. The highest BCUT2D eigenvalue weighted by molar-refractivity contribution is 5.66. The molecule has 102 valence electrons. The third kappa shape index (κ3) is 1.71. The van der Waals surface area contributed by atoms with Gasteiger partial charge in [0.25, 0.3) is 0 Å².